The third kappa shape index (κ3) is 4.35. The van der Waals surface area contributed by atoms with Gasteiger partial charge in [-0.05, 0) is 29.3 Å². The fourth-order valence-corrected chi connectivity index (χ4v) is 3.64. The maximum Gasteiger partial charge on any atom is 0.126 e. The summed E-state index contributed by atoms with van der Waals surface area (Å²) in [6.45, 7) is 0.459. The SMILES string of the molecule is COc1ccccc1-c1cc([C@@H](OCc2ccccc2)c2cncn2C)ccc1C#N. The number of nitrogens with zero attached hydrogens (tertiary/aromatic N) is 3. The van der Waals surface area contributed by atoms with Crippen molar-refractivity contribution in [1.82, 2.24) is 9.55 Å². The van der Waals surface area contributed by atoms with Crippen LogP contribution in [0.1, 0.15) is 28.5 Å². The molecule has 4 aromatic rings. The monoisotopic (exact) mass is 409 g/mol. The molecule has 3 aromatic carbocycles. The van der Waals surface area contributed by atoms with E-state index in [1.54, 1.807) is 13.4 Å². The van der Waals surface area contributed by atoms with E-state index in [4.69, 9.17) is 9.47 Å². The van der Waals surface area contributed by atoms with E-state index in [0.29, 0.717) is 12.2 Å². The molecule has 0 bridgehead atoms. The van der Waals surface area contributed by atoms with Crippen LogP contribution in [-0.2, 0) is 18.4 Å². The van der Waals surface area contributed by atoms with E-state index in [-0.39, 0.29) is 6.10 Å². The Kier molecular flexibility index (Phi) is 6.11. The zero-order chi connectivity index (χ0) is 21.6. The van der Waals surface area contributed by atoms with Gasteiger partial charge in [-0.1, -0.05) is 54.6 Å². The molecule has 1 atom stereocenters. The number of methoxy groups -OCH3 is 1. The standard InChI is InChI=1S/C26H23N3O2/c1-29-18-28-16-24(29)26(31-17-19-8-4-3-5-9-19)20-12-13-21(15-27)23(14-20)22-10-6-7-11-25(22)30-2/h3-14,16,18,26H,17H2,1-2H3/t26-/m1/s1. The minimum atomic E-state index is -0.339. The highest BCUT2D eigenvalue weighted by molar-refractivity contribution is 5.76. The normalized spacial score (nSPS) is 11.6. The summed E-state index contributed by atoms with van der Waals surface area (Å²) in [5.41, 5.74) is 5.24. The van der Waals surface area contributed by atoms with E-state index in [1.165, 1.54) is 0 Å². The van der Waals surface area contributed by atoms with Gasteiger partial charge in [-0.3, -0.25) is 0 Å². The number of rotatable bonds is 7. The Balaban J connectivity index is 1.78. The van der Waals surface area contributed by atoms with Crippen LogP contribution in [0, 0.1) is 11.3 Å². The van der Waals surface area contributed by atoms with Crippen LogP contribution in [0.3, 0.4) is 0 Å². The lowest BCUT2D eigenvalue weighted by molar-refractivity contribution is 0.0622. The second-order valence-corrected chi connectivity index (χ2v) is 7.22. The fraction of sp³-hybridized carbons (Fsp3) is 0.154. The molecule has 0 aliphatic heterocycles. The third-order valence-electron chi connectivity index (χ3n) is 5.25. The smallest absolute Gasteiger partial charge is 0.126 e. The molecule has 31 heavy (non-hydrogen) atoms. The summed E-state index contributed by atoms with van der Waals surface area (Å²) in [6, 6.07) is 25.9. The average molecular weight is 409 g/mol. The number of ether oxygens (including phenoxy) is 2. The van der Waals surface area contributed by atoms with E-state index < -0.39 is 0 Å². The largest absolute Gasteiger partial charge is 0.496 e. The zero-order valence-corrected chi connectivity index (χ0v) is 17.5. The van der Waals surface area contributed by atoms with Crippen molar-refractivity contribution in [2.24, 2.45) is 7.05 Å². The molecule has 1 aromatic heterocycles. The quantitative estimate of drug-likeness (QED) is 0.417. The summed E-state index contributed by atoms with van der Waals surface area (Å²) < 4.78 is 13.9. The van der Waals surface area contributed by atoms with Crippen molar-refractivity contribution in [2.75, 3.05) is 7.11 Å². The predicted octanol–water partition coefficient (Wildman–Crippen LogP) is 5.27. The zero-order valence-electron chi connectivity index (χ0n) is 17.5. The lowest BCUT2D eigenvalue weighted by atomic mass is 9.94. The van der Waals surface area contributed by atoms with Gasteiger partial charge in [0.05, 0.1) is 43.6 Å². The molecule has 0 N–H and O–H groups in total. The first-order chi connectivity index (χ1) is 15.2. The van der Waals surface area contributed by atoms with Gasteiger partial charge in [0.1, 0.15) is 11.9 Å². The molecule has 1 heterocycles. The summed E-state index contributed by atoms with van der Waals surface area (Å²) in [6.07, 6.45) is 3.24. The molecule has 0 amide bonds. The summed E-state index contributed by atoms with van der Waals surface area (Å²) in [5.74, 6) is 0.721. The van der Waals surface area contributed by atoms with Gasteiger partial charge in [0, 0.05) is 18.2 Å². The molecule has 0 aliphatic carbocycles. The topological polar surface area (TPSA) is 60.1 Å². The molecule has 5 heteroatoms. The van der Waals surface area contributed by atoms with Gasteiger partial charge in [-0.25, -0.2) is 4.98 Å². The van der Waals surface area contributed by atoms with Crippen LogP contribution in [0.5, 0.6) is 5.75 Å². The summed E-state index contributed by atoms with van der Waals surface area (Å²) in [7, 11) is 3.59. The maximum absolute atomic E-state index is 9.72. The Labute approximate surface area is 182 Å². The van der Waals surface area contributed by atoms with Gasteiger partial charge < -0.3 is 14.0 Å². The Morgan fingerprint density at radius 2 is 1.77 bits per heavy atom. The van der Waals surface area contributed by atoms with Gasteiger partial charge in [0.15, 0.2) is 0 Å². The fourth-order valence-electron chi connectivity index (χ4n) is 3.64. The second-order valence-electron chi connectivity index (χ2n) is 7.22. The molecule has 0 unspecified atom stereocenters. The van der Waals surface area contributed by atoms with Crippen LogP contribution in [0.25, 0.3) is 11.1 Å². The number of imidazole rings is 1. The molecule has 0 fully saturated rings. The lowest BCUT2D eigenvalue weighted by Crippen LogP contribution is -2.11. The number of benzene rings is 3. The minimum absolute atomic E-state index is 0.339. The van der Waals surface area contributed by atoms with Crippen LogP contribution in [0.15, 0.2) is 85.3 Å². The van der Waals surface area contributed by atoms with E-state index >= 15 is 0 Å². The van der Waals surface area contributed by atoms with Crippen LogP contribution < -0.4 is 4.74 Å². The van der Waals surface area contributed by atoms with Crippen molar-refractivity contribution in [2.45, 2.75) is 12.7 Å². The molecule has 5 nitrogen and oxygen atoms in total. The summed E-state index contributed by atoms with van der Waals surface area (Å²) in [4.78, 5) is 4.28. The van der Waals surface area contributed by atoms with Gasteiger partial charge >= 0.3 is 0 Å². The Morgan fingerprint density at radius 3 is 2.48 bits per heavy atom. The van der Waals surface area contributed by atoms with Crippen molar-refractivity contribution in [3.05, 3.63) is 108 Å². The molecular weight excluding hydrogens is 386 g/mol. The first kappa shape index (κ1) is 20.4. The van der Waals surface area contributed by atoms with Gasteiger partial charge in [-0.2, -0.15) is 5.26 Å². The molecule has 154 valence electrons. The first-order valence-corrected chi connectivity index (χ1v) is 10.0. The number of hydrogen-bond donors (Lipinski definition) is 0. The molecule has 0 saturated carbocycles. The Hall–Kier alpha value is -3.88. The first-order valence-electron chi connectivity index (χ1n) is 10.0. The van der Waals surface area contributed by atoms with Crippen LogP contribution in [0.2, 0.25) is 0 Å². The van der Waals surface area contributed by atoms with Gasteiger partial charge in [0.25, 0.3) is 0 Å². The highest BCUT2D eigenvalue weighted by atomic mass is 16.5. The Morgan fingerprint density at radius 1 is 1.00 bits per heavy atom. The second kappa shape index (κ2) is 9.29. The van der Waals surface area contributed by atoms with Crippen LogP contribution in [-0.4, -0.2) is 16.7 Å². The van der Waals surface area contributed by atoms with Crippen molar-refractivity contribution in [3.63, 3.8) is 0 Å². The number of para-hydroxylation sites is 1. The number of aromatic nitrogens is 2. The molecule has 4 rings (SSSR count). The number of hydrogen-bond acceptors (Lipinski definition) is 4. The van der Waals surface area contributed by atoms with Crippen molar-refractivity contribution in [1.29, 1.82) is 5.26 Å². The van der Waals surface area contributed by atoms with E-state index in [0.717, 1.165) is 33.7 Å². The third-order valence-corrected chi connectivity index (χ3v) is 5.25. The summed E-state index contributed by atoms with van der Waals surface area (Å²) in [5, 5.41) is 9.72. The maximum atomic E-state index is 9.72. The molecular formula is C26H23N3O2. The van der Waals surface area contributed by atoms with E-state index in [9.17, 15) is 5.26 Å². The number of aryl methyl sites for hydroxylation is 1. The molecule has 0 saturated heterocycles. The van der Waals surface area contributed by atoms with Gasteiger partial charge in [0.2, 0.25) is 0 Å². The van der Waals surface area contributed by atoms with Crippen molar-refractivity contribution in [3.8, 4) is 22.9 Å². The van der Waals surface area contributed by atoms with Crippen molar-refractivity contribution < 1.29 is 9.47 Å². The molecule has 0 spiro atoms. The lowest BCUT2D eigenvalue weighted by Gasteiger charge is -2.21. The van der Waals surface area contributed by atoms with Crippen molar-refractivity contribution >= 4 is 0 Å². The predicted molar refractivity (Wildman–Crippen MR) is 119 cm³/mol. The summed E-state index contributed by atoms with van der Waals surface area (Å²) >= 11 is 0. The van der Waals surface area contributed by atoms with Crippen LogP contribution in [0.4, 0.5) is 0 Å². The average Bonchev–Trinajstić information content (AvgIpc) is 3.25. The number of nitriles is 1. The van der Waals surface area contributed by atoms with Crippen LogP contribution >= 0.6 is 0 Å². The highest BCUT2D eigenvalue weighted by Crippen LogP contribution is 2.36. The minimum Gasteiger partial charge on any atom is -0.496 e. The van der Waals surface area contributed by atoms with E-state index in [1.807, 2.05) is 90.6 Å². The van der Waals surface area contributed by atoms with Gasteiger partial charge in [-0.15, -0.1) is 0 Å². The Bertz CT molecular complexity index is 1210. The molecule has 0 radical (unpaired) electrons. The highest BCUT2D eigenvalue weighted by Gasteiger charge is 2.21. The molecule has 0 aliphatic rings. The van der Waals surface area contributed by atoms with E-state index in [2.05, 4.69) is 11.1 Å².